The smallest absolute Gasteiger partial charge is 0.311 e. The Labute approximate surface area is 203 Å². The molecular formula is C26H29N3O6. The molecule has 2 aromatic rings. The highest BCUT2D eigenvalue weighted by atomic mass is 16.5. The van der Waals surface area contributed by atoms with Crippen molar-refractivity contribution in [2.45, 2.75) is 39.5 Å². The molecule has 1 aliphatic heterocycles. The van der Waals surface area contributed by atoms with E-state index < -0.39 is 36.2 Å². The van der Waals surface area contributed by atoms with Crippen LogP contribution in [0.15, 0.2) is 48.5 Å². The van der Waals surface area contributed by atoms with Crippen LogP contribution in [0.3, 0.4) is 0 Å². The number of rotatable bonds is 7. The Morgan fingerprint density at radius 3 is 2.14 bits per heavy atom. The Bertz CT molecular complexity index is 1130. The molecule has 1 saturated heterocycles. The van der Waals surface area contributed by atoms with Gasteiger partial charge in [0.25, 0.3) is 11.8 Å². The lowest BCUT2D eigenvalue weighted by Gasteiger charge is -2.20. The van der Waals surface area contributed by atoms with Crippen molar-refractivity contribution >= 4 is 35.2 Å². The summed E-state index contributed by atoms with van der Waals surface area (Å²) < 4.78 is 5.06. The first-order chi connectivity index (χ1) is 16.4. The molecule has 0 unspecified atom stereocenters. The van der Waals surface area contributed by atoms with Gasteiger partial charge in [-0.15, -0.1) is 0 Å². The topological polar surface area (TPSA) is 122 Å². The third-order valence-corrected chi connectivity index (χ3v) is 5.63. The van der Waals surface area contributed by atoms with Crippen LogP contribution < -0.4 is 10.7 Å². The summed E-state index contributed by atoms with van der Waals surface area (Å²) >= 11 is 0. The standard InChI is InChI=1S/C26H29N3O6/c1-16(30)17-7-11-21(12-8-17)27-22(31)15-35-25(34)19-13-23(32)29(14-19)28-24(33)18-5-9-20(10-6-18)26(2,3)4/h5-12,19H,13-15H2,1-4H3,(H,27,31)(H,28,33)/t19-/m0/s1. The zero-order chi connectivity index (χ0) is 25.8. The van der Waals surface area contributed by atoms with Crippen molar-refractivity contribution in [3.63, 3.8) is 0 Å². The Morgan fingerprint density at radius 2 is 1.57 bits per heavy atom. The van der Waals surface area contributed by atoms with Crippen LogP contribution in [0.2, 0.25) is 0 Å². The van der Waals surface area contributed by atoms with Gasteiger partial charge in [-0.2, -0.15) is 0 Å². The molecule has 3 rings (SSSR count). The maximum atomic E-state index is 12.5. The van der Waals surface area contributed by atoms with Crippen LogP contribution in [0.25, 0.3) is 0 Å². The minimum Gasteiger partial charge on any atom is -0.455 e. The van der Waals surface area contributed by atoms with E-state index in [9.17, 15) is 24.0 Å². The van der Waals surface area contributed by atoms with E-state index >= 15 is 0 Å². The SMILES string of the molecule is CC(=O)c1ccc(NC(=O)COC(=O)[C@H]2CC(=O)N(NC(=O)c3ccc(C(C)(C)C)cc3)C2)cc1. The monoisotopic (exact) mass is 479 g/mol. The molecule has 1 aliphatic rings. The fraction of sp³-hybridized carbons (Fsp3) is 0.346. The number of nitrogens with zero attached hydrogens (tertiary/aromatic N) is 1. The van der Waals surface area contributed by atoms with Gasteiger partial charge in [0.1, 0.15) is 0 Å². The van der Waals surface area contributed by atoms with Gasteiger partial charge in [-0.05, 0) is 54.3 Å². The summed E-state index contributed by atoms with van der Waals surface area (Å²) in [5, 5.41) is 3.67. The van der Waals surface area contributed by atoms with E-state index in [4.69, 9.17) is 4.74 Å². The fourth-order valence-corrected chi connectivity index (χ4v) is 3.52. The lowest BCUT2D eigenvalue weighted by atomic mass is 9.87. The van der Waals surface area contributed by atoms with Crippen LogP contribution in [0.4, 0.5) is 5.69 Å². The lowest BCUT2D eigenvalue weighted by Crippen LogP contribution is -2.43. The normalized spacial score (nSPS) is 15.5. The first-order valence-electron chi connectivity index (χ1n) is 11.2. The van der Waals surface area contributed by atoms with Gasteiger partial charge in [-0.3, -0.25) is 34.4 Å². The number of hydrogen-bond acceptors (Lipinski definition) is 6. The minimum absolute atomic E-state index is 0.0440. The van der Waals surface area contributed by atoms with Crippen LogP contribution in [0, 0.1) is 5.92 Å². The van der Waals surface area contributed by atoms with E-state index in [2.05, 4.69) is 31.5 Å². The summed E-state index contributed by atoms with van der Waals surface area (Å²) in [7, 11) is 0. The summed E-state index contributed by atoms with van der Waals surface area (Å²) in [6, 6.07) is 13.4. The van der Waals surface area contributed by atoms with Crippen LogP contribution >= 0.6 is 0 Å². The van der Waals surface area contributed by atoms with Gasteiger partial charge in [0, 0.05) is 23.2 Å². The molecule has 1 fully saturated rings. The zero-order valence-electron chi connectivity index (χ0n) is 20.2. The Balaban J connectivity index is 1.48. The van der Waals surface area contributed by atoms with E-state index in [-0.39, 0.29) is 24.2 Å². The van der Waals surface area contributed by atoms with Crippen molar-refractivity contribution in [3.8, 4) is 0 Å². The van der Waals surface area contributed by atoms with Crippen molar-refractivity contribution in [1.29, 1.82) is 0 Å². The molecule has 0 radical (unpaired) electrons. The number of benzene rings is 2. The number of anilines is 1. The van der Waals surface area contributed by atoms with Crippen molar-refractivity contribution < 1.29 is 28.7 Å². The number of nitrogens with one attached hydrogen (secondary N) is 2. The van der Waals surface area contributed by atoms with Crippen LogP contribution in [0.5, 0.6) is 0 Å². The number of hydrogen-bond donors (Lipinski definition) is 2. The second-order valence-corrected chi connectivity index (χ2v) is 9.46. The lowest BCUT2D eigenvalue weighted by molar-refractivity contribution is -0.151. The number of carbonyl (C=O) groups excluding carboxylic acids is 5. The molecule has 35 heavy (non-hydrogen) atoms. The molecule has 184 valence electrons. The quantitative estimate of drug-likeness (QED) is 0.465. The highest BCUT2D eigenvalue weighted by Crippen LogP contribution is 2.22. The van der Waals surface area contributed by atoms with Gasteiger partial charge >= 0.3 is 5.97 Å². The number of amides is 3. The van der Waals surface area contributed by atoms with E-state index in [1.807, 2.05) is 12.1 Å². The number of ether oxygens (including phenoxy) is 1. The van der Waals surface area contributed by atoms with Gasteiger partial charge in [0.05, 0.1) is 12.5 Å². The summed E-state index contributed by atoms with van der Waals surface area (Å²) in [5.74, 6) is -3.02. The molecule has 9 heteroatoms. The molecule has 2 N–H and O–H groups in total. The Hall–Kier alpha value is -4.01. The summed E-state index contributed by atoms with van der Waals surface area (Å²) in [6.07, 6.45) is -0.129. The maximum Gasteiger partial charge on any atom is 0.311 e. The van der Waals surface area contributed by atoms with E-state index in [0.29, 0.717) is 16.8 Å². The van der Waals surface area contributed by atoms with E-state index in [1.54, 1.807) is 36.4 Å². The minimum atomic E-state index is -0.797. The third kappa shape index (κ3) is 6.75. The first kappa shape index (κ1) is 25.6. The second-order valence-electron chi connectivity index (χ2n) is 9.46. The summed E-state index contributed by atoms with van der Waals surface area (Å²) in [4.78, 5) is 60.6. The van der Waals surface area contributed by atoms with Crippen LogP contribution in [-0.4, -0.2) is 47.6 Å². The average Bonchev–Trinajstić information content (AvgIpc) is 3.17. The zero-order valence-corrected chi connectivity index (χ0v) is 20.2. The molecule has 1 atom stereocenters. The van der Waals surface area contributed by atoms with Gasteiger partial charge in [-0.1, -0.05) is 32.9 Å². The molecule has 9 nitrogen and oxygen atoms in total. The number of carbonyl (C=O) groups is 5. The number of hydrazine groups is 1. The molecule has 0 aromatic heterocycles. The third-order valence-electron chi connectivity index (χ3n) is 5.63. The number of ketones is 1. The van der Waals surface area contributed by atoms with Gasteiger partial charge in [0.15, 0.2) is 12.4 Å². The second kappa shape index (κ2) is 10.5. The Kier molecular flexibility index (Phi) is 7.68. The van der Waals surface area contributed by atoms with Crippen molar-refractivity contribution in [3.05, 3.63) is 65.2 Å². The molecule has 0 saturated carbocycles. The summed E-state index contributed by atoms with van der Waals surface area (Å²) in [6.45, 7) is 7.09. The molecule has 0 aliphatic carbocycles. The molecular weight excluding hydrogens is 450 g/mol. The number of esters is 1. The predicted molar refractivity (Wildman–Crippen MR) is 128 cm³/mol. The fourth-order valence-electron chi connectivity index (χ4n) is 3.52. The van der Waals surface area contributed by atoms with Gasteiger partial charge in [-0.25, -0.2) is 0 Å². The maximum absolute atomic E-state index is 12.5. The largest absolute Gasteiger partial charge is 0.455 e. The highest BCUT2D eigenvalue weighted by Gasteiger charge is 2.36. The van der Waals surface area contributed by atoms with Crippen LogP contribution in [0.1, 0.15) is 60.4 Å². The molecule has 0 spiro atoms. The average molecular weight is 480 g/mol. The van der Waals surface area contributed by atoms with Crippen LogP contribution in [-0.2, 0) is 24.5 Å². The van der Waals surface area contributed by atoms with Gasteiger partial charge in [0.2, 0.25) is 5.91 Å². The molecule has 0 bridgehead atoms. The first-order valence-corrected chi connectivity index (χ1v) is 11.2. The molecule has 1 heterocycles. The van der Waals surface area contributed by atoms with Crippen molar-refractivity contribution in [1.82, 2.24) is 10.4 Å². The highest BCUT2D eigenvalue weighted by molar-refractivity contribution is 5.97. The molecule has 3 amide bonds. The molecule has 2 aromatic carbocycles. The Morgan fingerprint density at radius 1 is 0.971 bits per heavy atom. The number of Topliss-reactive ketones (excluding diaryl/α,β-unsaturated/α-hetero) is 1. The summed E-state index contributed by atoms with van der Waals surface area (Å²) in [5.41, 5.74) is 4.92. The van der Waals surface area contributed by atoms with E-state index in [0.717, 1.165) is 10.6 Å². The van der Waals surface area contributed by atoms with E-state index in [1.165, 1.54) is 6.92 Å². The van der Waals surface area contributed by atoms with Crippen molar-refractivity contribution in [2.75, 3.05) is 18.5 Å². The van der Waals surface area contributed by atoms with Gasteiger partial charge < -0.3 is 10.1 Å². The predicted octanol–water partition coefficient (Wildman–Crippen LogP) is 2.86. The van der Waals surface area contributed by atoms with Crippen molar-refractivity contribution in [2.24, 2.45) is 5.92 Å².